The first-order valence-corrected chi connectivity index (χ1v) is 7.15. The molecule has 0 amide bonds. The quantitative estimate of drug-likeness (QED) is 0.864. The molecular weight excluding hydrogens is 257 g/mol. The summed E-state index contributed by atoms with van der Waals surface area (Å²) >= 11 is 0. The van der Waals surface area contributed by atoms with Crippen LogP contribution in [0.4, 0.5) is 15.8 Å². The lowest BCUT2D eigenvalue weighted by molar-refractivity contribution is 0.327. The van der Waals surface area contributed by atoms with E-state index in [-0.39, 0.29) is 5.82 Å². The lowest BCUT2D eigenvalue weighted by atomic mass is 10.1. The molecule has 1 aliphatic heterocycles. The van der Waals surface area contributed by atoms with E-state index in [0.717, 1.165) is 32.5 Å². The van der Waals surface area contributed by atoms with Crippen molar-refractivity contribution in [2.45, 2.75) is 25.8 Å². The fourth-order valence-electron chi connectivity index (χ4n) is 2.86. The third-order valence-corrected chi connectivity index (χ3v) is 3.98. The van der Waals surface area contributed by atoms with Crippen molar-refractivity contribution in [3.05, 3.63) is 17.9 Å². The predicted octanol–water partition coefficient (Wildman–Crippen LogP) is 2.34. The first-order valence-electron chi connectivity index (χ1n) is 7.15. The number of rotatable bonds is 3. The molecule has 0 aliphatic carbocycles. The average molecular weight is 281 g/mol. The Hall–Kier alpha value is -1.49. The minimum atomic E-state index is -0.272. The minimum Gasteiger partial charge on any atom is -0.495 e. The van der Waals surface area contributed by atoms with E-state index >= 15 is 0 Å². The van der Waals surface area contributed by atoms with Gasteiger partial charge in [-0.05, 0) is 26.4 Å². The molecule has 20 heavy (non-hydrogen) atoms. The van der Waals surface area contributed by atoms with Crippen molar-refractivity contribution in [3.8, 4) is 5.75 Å². The number of halogens is 1. The summed E-state index contributed by atoms with van der Waals surface area (Å²) in [6, 6.07) is 3.39. The van der Waals surface area contributed by atoms with E-state index < -0.39 is 0 Å². The van der Waals surface area contributed by atoms with Gasteiger partial charge in [-0.2, -0.15) is 0 Å². The Morgan fingerprint density at radius 1 is 1.40 bits per heavy atom. The van der Waals surface area contributed by atoms with Crippen LogP contribution < -0.4 is 15.4 Å². The largest absolute Gasteiger partial charge is 0.495 e. The van der Waals surface area contributed by atoms with Gasteiger partial charge in [0.2, 0.25) is 0 Å². The molecule has 2 N–H and O–H groups in total. The van der Waals surface area contributed by atoms with Crippen molar-refractivity contribution in [3.63, 3.8) is 0 Å². The summed E-state index contributed by atoms with van der Waals surface area (Å²) in [6.07, 6.45) is 2.01. The van der Waals surface area contributed by atoms with Crippen LogP contribution in [0.2, 0.25) is 0 Å². The fraction of sp³-hybridized carbons (Fsp3) is 0.600. The Morgan fingerprint density at radius 3 is 2.80 bits per heavy atom. The van der Waals surface area contributed by atoms with Gasteiger partial charge in [0, 0.05) is 31.3 Å². The van der Waals surface area contributed by atoms with Crippen LogP contribution >= 0.6 is 0 Å². The van der Waals surface area contributed by atoms with Gasteiger partial charge in [0.15, 0.2) is 0 Å². The predicted molar refractivity (Wildman–Crippen MR) is 80.9 cm³/mol. The number of anilines is 2. The molecule has 5 heteroatoms. The lowest BCUT2D eigenvalue weighted by Crippen LogP contribution is -2.40. The van der Waals surface area contributed by atoms with Gasteiger partial charge in [-0.15, -0.1) is 0 Å². The molecule has 1 unspecified atom stereocenters. The third kappa shape index (κ3) is 2.98. The Morgan fingerprint density at radius 2 is 2.15 bits per heavy atom. The van der Waals surface area contributed by atoms with E-state index in [9.17, 15) is 4.39 Å². The number of nitrogens with zero attached hydrogens (tertiary/aromatic N) is 2. The number of ether oxygens (including phenoxy) is 1. The van der Waals surface area contributed by atoms with Gasteiger partial charge < -0.3 is 20.3 Å². The molecule has 0 spiro atoms. The molecule has 0 aromatic heterocycles. The van der Waals surface area contributed by atoms with Gasteiger partial charge in [0.1, 0.15) is 11.6 Å². The molecular formula is C15H24FN3O. The van der Waals surface area contributed by atoms with Crippen LogP contribution in [-0.2, 0) is 0 Å². The second kappa shape index (κ2) is 6.31. The van der Waals surface area contributed by atoms with Crippen molar-refractivity contribution in [2.24, 2.45) is 0 Å². The second-order valence-electron chi connectivity index (χ2n) is 5.42. The summed E-state index contributed by atoms with van der Waals surface area (Å²) in [6.45, 7) is 4.99. The molecule has 0 saturated carbocycles. The topological polar surface area (TPSA) is 41.7 Å². The molecule has 1 aromatic carbocycles. The number of nitrogen functional groups attached to an aromatic ring is 1. The maximum absolute atomic E-state index is 14.3. The van der Waals surface area contributed by atoms with Crippen molar-refractivity contribution in [1.82, 2.24) is 4.90 Å². The van der Waals surface area contributed by atoms with Crippen LogP contribution in [0.3, 0.4) is 0 Å². The van der Waals surface area contributed by atoms with E-state index in [2.05, 4.69) is 23.8 Å². The minimum absolute atomic E-state index is 0.272. The SMILES string of the molecule is CCC1CN(C)CCCN1c1cc(OC)c(N)cc1F. The smallest absolute Gasteiger partial charge is 0.148 e. The van der Waals surface area contributed by atoms with Crippen LogP contribution in [0.5, 0.6) is 5.75 Å². The Bertz CT molecular complexity index is 467. The highest BCUT2D eigenvalue weighted by molar-refractivity contribution is 5.63. The Labute approximate surface area is 120 Å². The van der Waals surface area contributed by atoms with E-state index in [1.165, 1.54) is 6.07 Å². The van der Waals surface area contributed by atoms with Crippen LogP contribution in [-0.4, -0.2) is 44.7 Å². The summed E-state index contributed by atoms with van der Waals surface area (Å²) in [5.74, 6) is 0.264. The van der Waals surface area contributed by atoms with E-state index in [4.69, 9.17) is 10.5 Å². The van der Waals surface area contributed by atoms with Crippen LogP contribution in [0.1, 0.15) is 19.8 Å². The van der Waals surface area contributed by atoms with Gasteiger partial charge in [0.25, 0.3) is 0 Å². The molecule has 112 valence electrons. The van der Waals surface area contributed by atoms with E-state index in [1.807, 2.05) is 0 Å². The lowest BCUT2D eigenvalue weighted by Gasteiger charge is -2.32. The standard InChI is InChI=1S/C15H24FN3O/c1-4-11-10-18(2)6-5-7-19(11)14-9-15(20-3)13(17)8-12(14)16/h8-9,11H,4-7,10,17H2,1-3H3. The van der Waals surface area contributed by atoms with Gasteiger partial charge >= 0.3 is 0 Å². The summed E-state index contributed by atoms with van der Waals surface area (Å²) in [7, 11) is 3.67. The molecule has 0 bridgehead atoms. The first-order chi connectivity index (χ1) is 9.56. The van der Waals surface area contributed by atoms with Crippen molar-refractivity contribution < 1.29 is 9.13 Å². The van der Waals surface area contributed by atoms with Crippen molar-refractivity contribution in [2.75, 3.05) is 44.4 Å². The van der Waals surface area contributed by atoms with Crippen LogP contribution in [0.15, 0.2) is 12.1 Å². The van der Waals surface area contributed by atoms with Crippen molar-refractivity contribution in [1.29, 1.82) is 0 Å². The molecule has 4 nitrogen and oxygen atoms in total. The summed E-state index contributed by atoms with van der Waals surface area (Å²) in [4.78, 5) is 4.46. The van der Waals surface area contributed by atoms with Crippen molar-refractivity contribution >= 4 is 11.4 Å². The molecule has 1 fully saturated rings. The van der Waals surface area contributed by atoms with Gasteiger partial charge in [-0.3, -0.25) is 0 Å². The Kier molecular flexibility index (Phi) is 4.70. The third-order valence-electron chi connectivity index (χ3n) is 3.98. The van der Waals surface area contributed by atoms with Crippen LogP contribution in [0, 0.1) is 5.82 Å². The van der Waals surface area contributed by atoms with Crippen LogP contribution in [0.25, 0.3) is 0 Å². The number of benzene rings is 1. The molecule has 1 aliphatic rings. The average Bonchev–Trinajstić information content (AvgIpc) is 2.60. The number of nitrogens with two attached hydrogens (primary N) is 1. The first kappa shape index (κ1) is 14.9. The Balaban J connectivity index is 2.37. The van der Waals surface area contributed by atoms with Gasteiger partial charge in [-0.25, -0.2) is 4.39 Å². The number of likely N-dealkylation sites (N-methyl/N-ethyl adjacent to an activating group) is 1. The maximum atomic E-state index is 14.3. The van der Waals surface area contributed by atoms with Gasteiger partial charge in [0.05, 0.1) is 18.5 Å². The highest BCUT2D eigenvalue weighted by Gasteiger charge is 2.25. The van der Waals surface area contributed by atoms with Gasteiger partial charge in [-0.1, -0.05) is 6.92 Å². The fourth-order valence-corrected chi connectivity index (χ4v) is 2.86. The molecule has 1 heterocycles. The molecule has 2 rings (SSSR count). The molecule has 1 aromatic rings. The summed E-state index contributed by atoms with van der Waals surface area (Å²) in [5.41, 5.74) is 6.70. The zero-order chi connectivity index (χ0) is 14.7. The van der Waals surface area contributed by atoms with E-state index in [1.54, 1.807) is 13.2 Å². The second-order valence-corrected chi connectivity index (χ2v) is 5.42. The highest BCUT2D eigenvalue weighted by Crippen LogP contribution is 2.33. The number of hydrogen-bond donors (Lipinski definition) is 1. The van der Waals surface area contributed by atoms with E-state index in [0.29, 0.717) is 23.2 Å². The normalized spacial score (nSPS) is 20.8. The molecule has 1 atom stereocenters. The number of hydrogen-bond acceptors (Lipinski definition) is 4. The number of methoxy groups -OCH3 is 1. The monoisotopic (exact) mass is 281 g/mol. The zero-order valence-electron chi connectivity index (χ0n) is 12.5. The molecule has 0 radical (unpaired) electrons. The highest BCUT2D eigenvalue weighted by atomic mass is 19.1. The maximum Gasteiger partial charge on any atom is 0.148 e. The summed E-state index contributed by atoms with van der Waals surface area (Å²) < 4.78 is 19.5. The zero-order valence-corrected chi connectivity index (χ0v) is 12.5. The summed E-state index contributed by atoms with van der Waals surface area (Å²) in [5, 5.41) is 0. The molecule has 1 saturated heterocycles.